The number of benzene rings is 1. The molecule has 0 unspecified atom stereocenters. The Morgan fingerprint density at radius 2 is 1.95 bits per heavy atom. The first-order chi connectivity index (χ1) is 10.5. The van der Waals surface area contributed by atoms with Gasteiger partial charge < -0.3 is 5.73 Å². The van der Waals surface area contributed by atoms with E-state index in [2.05, 4.69) is 16.8 Å². The Kier molecular flexibility index (Phi) is 4.42. The van der Waals surface area contributed by atoms with Crippen LogP contribution >= 0.6 is 0 Å². The highest BCUT2D eigenvalue weighted by Crippen LogP contribution is 2.28. The molecule has 6 heteroatoms. The molecule has 3 rings (SSSR count). The van der Waals surface area contributed by atoms with Crippen LogP contribution in [-0.4, -0.2) is 40.5 Å². The third-order valence-corrected chi connectivity index (χ3v) is 4.98. The van der Waals surface area contributed by atoms with Crippen molar-refractivity contribution in [2.24, 2.45) is 5.73 Å². The van der Waals surface area contributed by atoms with E-state index in [-0.39, 0.29) is 10.6 Å². The zero-order valence-electron chi connectivity index (χ0n) is 13.1. The lowest BCUT2D eigenvalue weighted by Gasteiger charge is -2.35. The molecule has 120 valence electrons. The summed E-state index contributed by atoms with van der Waals surface area (Å²) >= 11 is 0. The molecule has 2 N–H and O–H groups in total. The molecule has 0 saturated heterocycles. The molecule has 0 amide bonds. The van der Waals surface area contributed by atoms with Crippen LogP contribution in [-0.2, 0) is 13.1 Å². The molecule has 1 aliphatic heterocycles. The fourth-order valence-electron chi connectivity index (χ4n) is 3.64. The van der Waals surface area contributed by atoms with Gasteiger partial charge >= 0.3 is 0 Å². The first kappa shape index (κ1) is 15.4. The van der Waals surface area contributed by atoms with Crippen molar-refractivity contribution in [3.63, 3.8) is 0 Å². The number of fused-ring (bicyclic) bond motifs is 1. The Hall–Kier alpha value is -1.50. The van der Waals surface area contributed by atoms with Crippen LogP contribution in [0.15, 0.2) is 18.2 Å². The van der Waals surface area contributed by atoms with Crippen molar-refractivity contribution in [2.75, 3.05) is 13.7 Å². The predicted molar refractivity (Wildman–Crippen MR) is 85.2 cm³/mol. The van der Waals surface area contributed by atoms with Gasteiger partial charge in [0.15, 0.2) is 0 Å². The zero-order chi connectivity index (χ0) is 15.7. The van der Waals surface area contributed by atoms with Crippen molar-refractivity contribution in [1.29, 1.82) is 0 Å². The van der Waals surface area contributed by atoms with E-state index in [9.17, 15) is 10.1 Å². The number of nitrogens with zero attached hydrogens (tertiary/aromatic N) is 3. The second-order valence-corrected chi connectivity index (χ2v) is 6.66. The largest absolute Gasteiger partial charge is 0.328 e. The van der Waals surface area contributed by atoms with Crippen molar-refractivity contribution in [1.82, 2.24) is 9.80 Å². The molecular weight excluding hydrogens is 280 g/mol. The van der Waals surface area contributed by atoms with E-state index in [0.717, 1.165) is 38.2 Å². The Morgan fingerprint density at radius 3 is 2.64 bits per heavy atom. The molecule has 2 aliphatic rings. The molecule has 1 aromatic rings. The molecule has 6 nitrogen and oxygen atoms in total. The maximum absolute atomic E-state index is 10.9. The molecule has 0 atom stereocenters. The molecule has 0 spiro atoms. The summed E-state index contributed by atoms with van der Waals surface area (Å²) in [5, 5.41) is 10.9. The van der Waals surface area contributed by atoms with Crippen molar-refractivity contribution in [2.45, 2.75) is 50.9 Å². The Bertz CT molecular complexity index is 555. The smallest absolute Gasteiger partial charge is 0.269 e. The summed E-state index contributed by atoms with van der Waals surface area (Å²) in [6, 6.07) is 6.20. The van der Waals surface area contributed by atoms with Crippen LogP contribution in [0, 0.1) is 10.1 Å². The SMILES string of the molecule is CN(CN1Cc2ccc([N+](=O)[O-])cc2C1)C1CCC(N)CC1. The molecule has 22 heavy (non-hydrogen) atoms. The van der Waals surface area contributed by atoms with E-state index in [1.807, 2.05) is 6.07 Å². The van der Waals surface area contributed by atoms with Gasteiger partial charge in [0.2, 0.25) is 0 Å². The van der Waals surface area contributed by atoms with Crippen LogP contribution in [0.5, 0.6) is 0 Å². The minimum Gasteiger partial charge on any atom is -0.328 e. The molecule has 1 saturated carbocycles. The van der Waals surface area contributed by atoms with E-state index in [1.165, 1.54) is 18.4 Å². The number of non-ortho nitro benzene ring substituents is 1. The van der Waals surface area contributed by atoms with Crippen LogP contribution in [0.2, 0.25) is 0 Å². The molecule has 1 fully saturated rings. The standard InChI is InChI=1S/C16H24N4O2/c1-18(15-6-3-14(17)4-7-15)11-19-9-12-2-5-16(20(21)22)8-13(12)10-19/h2,5,8,14-15H,3-4,6-7,9-11,17H2,1H3. The second-order valence-electron chi connectivity index (χ2n) is 6.66. The van der Waals surface area contributed by atoms with Crippen molar-refractivity contribution in [3.05, 3.63) is 39.4 Å². The first-order valence-corrected chi connectivity index (χ1v) is 7.97. The lowest BCUT2D eigenvalue weighted by atomic mass is 9.91. The van der Waals surface area contributed by atoms with Crippen molar-refractivity contribution in [3.8, 4) is 0 Å². The summed E-state index contributed by atoms with van der Waals surface area (Å²) in [4.78, 5) is 15.3. The molecule has 1 aromatic carbocycles. The van der Waals surface area contributed by atoms with Gasteiger partial charge in [-0.2, -0.15) is 0 Å². The number of rotatable bonds is 4. The molecule has 1 aliphatic carbocycles. The summed E-state index contributed by atoms with van der Waals surface area (Å²) in [5.41, 5.74) is 8.47. The van der Waals surface area contributed by atoms with E-state index in [4.69, 9.17) is 5.73 Å². The average molecular weight is 304 g/mol. The summed E-state index contributed by atoms with van der Waals surface area (Å²) < 4.78 is 0. The maximum Gasteiger partial charge on any atom is 0.269 e. The third kappa shape index (κ3) is 3.29. The molecular formula is C16H24N4O2. The average Bonchev–Trinajstić information content (AvgIpc) is 2.88. The summed E-state index contributed by atoms with van der Waals surface area (Å²) in [7, 11) is 2.17. The number of nitro benzene ring substituents is 1. The molecule has 0 radical (unpaired) electrons. The zero-order valence-corrected chi connectivity index (χ0v) is 13.1. The van der Waals surface area contributed by atoms with Crippen molar-refractivity contribution >= 4 is 5.69 Å². The fourth-order valence-corrected chi connectivity index (χ4v) is 3.64. The second kappa shape index (κ2) is 6.32. The lowest BCUT2D eigenvalue weighted by molar-refractivity contribution is -0.384. The number of nitrogens with two attached hydrogens (primary N) is 1. The molecule has 0 aromatic heterocycles. The maximum atomic E-state index is 10.9. The van der Waals surface area contributed by atoms with Gasteiger partial charge in [-0.25, -0.2) is 0 Å². The lowest BCUT2D eigenvalue weighted by Crippen LogP contribution is -2.43. The van der Waals surface area contributed by atoms with E-state index < -0.39 is 0 Å². The van der Waals surface area contributed by atoms with Gasteiger partial charge in [0.1, 0.15) is 0 Å². The van der Waals surface area contributed by atoms with Gasteiger partial charge in [0.25, 0.3) is 5.69 Å². The highest BCUT2D eigenvalue weighted by atomic mass is 16.6. The van der Waals surface area contributed by atoms with Crippen LogP contribution < -0.4 is 5.73 Å². The highest BCUT2D eigenvalue weighted by molar-refractivity contribution is 5.41. The van der Waals surface area contributed by atoms with Crippen molar-refractivity contribution < 1.29 is 4.92 Å². The summed E-state index contributed by atoms with van der Waals surface area (Å²) in [6.07, 6.45) is 4.57. The van der Waals surface area contributed by atoms with Gasteiger partial charge in [-0.05, 0) is 43.9 Å². The fraction of sp³-hybridized carbons (Fsp3) is 0.625. The monoisotopic (exact) mass is 304 g/mol. The minimum atomic E-state index is -0.319. The predicted octanol–water partition coefficient (Wildman–Crippen LogP) is 2.07. The first-order valence-electron chi connectivity index (χ1n) is 7.97. The Labute approximate surface area is 131 Å². The van der Waals surface area contributed by atoms with Crippen LogP contribution in [0.1, 0.15) is 36.8 Å². The highest BCUT2D eigenvalue weighted by Gasteiger charge is 2.26. The molecule has 0 bridgehead atoms. The van der Waals surface area contributed by atoms with Crippen LogP contribution in [0.4, 0.5) is 5.69 Å². The van der Waals surface area contributed by atoms with Gasteiger partial charge in [-0.3, -0.25) is 19.9 Å². The summed E-state index contributed by atoms with van der Waals surface area (Å²) in [6.45, 7) is 2.58. The number of hydrogen-bond donors (Lipinski definition) is 1. The Morgan fingerprint density at radius 1 is 1.27 bits per heavy atom. The van der Waals surface area contributed by atoms with E-state index in [1.54, 1.807) is 12.1 Å². The van der Waals surface area contributed by atoms with Gasteiger partial charge in [-0.15, -0.1) is 0 Å². The summed E-state index contributed by atoms with van der Waals surface area (Å²) in [5.74, 6) is 0. The quantitative estimate of drug-likeness (QED) is 0.681. The van der Waals surface area contributed by atoms with Crippen LogP contribution in [0.3, 0.4) is 0 Å². The topological polar surface area (TPSA) is 75.6 Å². The van der Waals surface area contributed by atoms with Gasteiger partial charge in [0, 0.05) is 37.3 Å². The normalized spacial score (nSPS) is 25.4. The van der Waals surface area contributed by atoms with Crippen LogP contribution in [0.25, 0.3) is 0 Å². The van der Waals surface area contributed by atoms with E-state index in [0.29, 0.717) is 12.1 Å². The number of hydrogen-bond acceptors (Lipinski definition) is 5. The van der Waals surface area contributed by atoms with Gasteiger partial charge in [-0.1, -0.05) is 6.07 Å². The Balaban J connectivity index is 1.58. The third-order valence-electron chi connectivity index (χ3n) is 4.98. The number of nitro groups is 1. The minimum absolute atomic E-state index is 0.190. The van der Waals surface area contributed by atoms with Gasteiger partial charge in [0.05, 0.1) is 11.6 Å². The molecule has 1 heterocycles. The van der Waals surface area contributed by atoms with E-state index >= 15 is 0 Å².